The highest BCUT2D eigenvalue weighted by molar-refractivity contribution is 5.57. The van der Waals surface area contributed by atoms with Crippen molar-refractivity contribution < 1.29 is 4.74 Å². The van der Waals surface area contributed by atoms with E-state index in [2.05, 4.69) is 23.0 Å². The lowest BCUT2D eigenvalue weighted by Gasteiger charge is -2.37. The zero-order valence-electron chi connectivity index (χ0n) is 11.5. The summed E-state index contributed by atoms with van der Waals surface area (Å²) >= 11 is 0. The number of anilines is 1. The lowest BCUT2D eigenvalue weighted by molar-refractivity contribution is 0.0494. The summed E-state index contributed by atoms with van der Waals surface area (Å²) in [6, 6.07) is 2.26. The van der Waals surface area contributed by atoms with Gasteiger partial charge in [0, 0.05) is 27.2 Å². The lowest BCUT2D eigenvalue weighted by atomic mass is 9.95. The van der Waals surface area contributed by atoms with Crippen LogP contribution in [0.25, 0.3) is 0 Å². The molecular weight excluding hydrogens is 228 g/mol. The van der Waals surface area contributed by atoms with E-state index in [-0.39, 0.29) is 6.10 Å². The summed E-state index contributed by atoms with van der Waals surface area (Å²) in [5.41, 5.74) is 1.48. The van der Waals surface area contributed by atoms with Crippen molar-refractivity contribution in [3.8, 4) is 6.07 Å². The Morgan fingerprint density at radius 2 is 2.22 bits per heavy atom. The van der Waals surface area contributed by atoms with Crippen molar-refractivity contribution in [1.29, 1.82) is 5.26 Å². The van der Waals surface area contributed by atoms with Crippen molar-refractivity contribution in [3.05, 3.63) is 11.3 Å². The van der Waals surface area contributed by atoms with Gasteiger partial charge in [0.15, 0.2) is 0 Å². The quantitative estimate of drug-likeness (QED) is 0.795. The van der Waals surface area contributed by atoms with Gasteiger partial charge in [-0.1, -0.05) is 6.92 Å². The number of hydrogen-bond acceptors (Lipinski definition) is 4. The molecule has 5 heteroatoms. The molecule has 5 nitrogen and oxygen atoms in total. The second-order valence-corrected chi connectivity index (χ2v) is 5.01. The number of aryl methyl sites for hydroxylation is 2. The van der Waals surface area contributed by atoms with Gasteiger partial charge in [0.1, 0.15) is 17.5 Å². The number of aromatic nitrogens is 2. The number of hydrogen-bond donors (Lipinski definition) is 0. The largest absolute Gasteiger partial charge is 0.379 e. The Kier molecular flexibility index (Phi) is 3.58. The van der Waals surface area contributed by atoms with Gasteiger partial charge in [-0.3, -0.25) is 4.68 Å². The van der Waals surface area contributed by atoms with Gasteiger partial charge in [0.05, 0.1) is 11.8 Å². The van der Waals surface area contributed by atoms with Crippen molar-refractivity contribution in [1.82, 2.24) is 9.78 Å². The summed E-state index contributed by atoms with van der Waals surface area (Å²) in [7, 11) is 3.65. The standard InChI is InChI=1S/C13H20N4O/c1-9-5-6-17(8-12(9)18-4)13-11(7-14)10(2)15-16(13)3/h9,12H,5-6,8H2,1-4H3. The maximum Gasteiger partial charge on any atom is 0.145 e. The van der Waals surface area contributed by atoms with Gasteiger partial charge in [-0.2, -0.15) is 10.4 Å². The summed E-state index contributed by atoms with van der Waals surface area (Å²) in [4.78, 5) is 2.22. The van der Waals surface area contributed by atoms with E-state index in [1.807, 2.05) is 14.0 Å². The summed E-state index contributed by atoms with van der Waals surface area (Å²) in [5, 5.41) is 13.6. The molecule has 0 aromatic carbocycles. The SMILES string of the molecule is COC1CN(c2c(C#N)c(C)nn2C)CCC1C. The van der Waals surface area contributed by atoms with Gasteiger partial charge in [-0.15, -0.1) is 0 Å². The van der Waals surface area contributed by atoms with Crippen LogP contribution in [0.5, 0.6) is 0 Å². The molecule has 0 bridgehead atoms. The summed E-state index contributed by atoms with van der Waals surface area (Å²) in [6.07, 6.45) is 1.30. The molecule has 0 radical (unpaired) electrons. The minimum absolute atomic E-state index is 0.223. The van der Waals surface area contributed by atoms with Crippen LogP contribution in [0.15, 0.2) is 0 Å². The predicted octanol–water partition coefficient (Wildman–Crippen LogP) is 1.46. The molecule has 18 heavy (non-hydrogen) atoms. The van der Waals surface area contributed by atoms with E-state index < -0.39 is 0 Å². The molecule has 0 N–H and O–H groups in total. The third kappa shape index (κ3) is 2.08. The molecule has 2 rings (SSSR count). The number of nitrogens with zero attached hydrogens (tertiary/aromatic N) is 4. The maximum absolute atomic E-state index is 9.26. The second-order valence-electron chi connectivity index (χ2n) is 5.01. The first-order valence-corrected chi connectivity index (χ1v) is 6.30. The molecule has 1 fully saturated rings. The molecule has 1 saturated heterocycles. The zero-order valence-corrected chi connectivity index (χ0v) is 11.5. The molecular formula is C13H20N4O. The molecule has 0 saturated carbocycles. The van der Waals surface area contributed by atoms with Gasteiger partial charge in [0.25, 0.3) is 0 Å². The molecule has 0 spiro atoms. The minimum atomic E-state index is 0.223. The van der Waals surface area contributed by atoms with E-state index in [0.717, 1.165) is 31.0 Å². The third-order valence-corrected chi connectivity index (χ3v) is 3.80. The predicted molar refractivity (Wildman–Crippen MR) is 69.5 cm³/mol. The monoisotopic (exact) mass is 248 g/mol. The highest BCUT2D eigenvalue weighted by Gasteiger charge is 2.29. The Labute approximate surface area is 108 Å². The van der Waals surface area contributed by atoms with E-state index >= 15 is 0 Å². The van der Waals surface area contributed by atoms with Crippen LogP contribution in [0.3, 0.4) is 0 Å². The molecule has 98 valence electrons. The first-order chi connectivity index (χ1) is 8.58. The summed E-state index contributed by atoms with van der Waals surface area (Å²) in [5.74, 6) is 1.48. The summed E-state index contributed by atoms with van der Waals surface area (Å²) in [6.45, 7) is 5.87. The van der Waals surface area contributed by atoms with Gasteiger partial charge in [-0.05, 0) is 19.3 Å². The van der Waals surface area contributed by atoms with Gasteiger partial charge in [-0.25, -0.2) is 0 Å². The van der Waals surface area contributed by atoms with E-state index in [1.54, 1.807) is 11.8 Å². The van der Waals surface area contributed by atoms with Crippen LogP contribution in [0.4, 0.5) is 5.82 Å². The van der Waals surface area contributed by atoms with Crippen molar-refractivity contribution >= 4 is 5.82 Å². The van der Waals surface area contributed by atoms with Crippen LogP contribution in [0.1, 0.15) is 24.6 Å². The second kappa shape index (κ2) is 4.99. The third-order valence-electron chi connectivity index (χ3n) is 3.80. The number of rotatable bonds is 2. The first-order valence-electron chi connectivity index (χ1n) is 6.30. The highest BCUT2D eigenvalue weighted by Crippen LogP contribution is 2.28. The Hall–Kier alpha value is -1.54. The molecule has 1 aliphatic rings. The molecule has 1 aromatic rings. The number of nitriles is 1. The molecule has 1 aliphatic heterocycles. The maximum atomic E-state index is 9.26. The Morgan fingerprint density at radius 3 is 2.83 bits per heavy atom. The summed E-state index contributed by atoms with van der Waals surface area (Å²) < 4.78 is 7.32. The molecule has 0 amide bonds. The van der Waals surface area contributed by atoms with Crippen molar-refractivity contribution in [3.63, 3.8) is 0 Å². The van der Waals surface area contributed by atoms with Crippen LogP contribution >= 0.6 is 0 Å². The zero-order chi connectivity index (χ0) is 13.3. The van der Waals surface area contributed by atoms with Crippen molar-refractivity contribution in [2.24, 2.45) is 13.0 Å². The fourth-order valence-corrected chi connectivity index (χ4v) is 2.67. The first kappa shape index (κ1) is 12.9. The van der Waals surface area contributed by atoms with E-state index in [0.29, 0.717) is 11.5 Å². The number of piperidine rings is 1. The topological polar surface area (TPSA) is 54.1 Å². The Morgan fingerprint density at radius 1 is 1.50 bits per heavy atom. The van der Waals surface area contributed by atoms with Crippen LogP contribution < -0.4 is 4.90 Å². The fraction of sp³-hybridized carbons (Fsp3) is 0.692. The molecule has 2 atom stereocenters. The van der Waals surface area contributed by atoms with E-state index in [1.165, 1.54) is 0 Å². The van der Waals surface area contributed by atoms with Gasteiger partial charge in [0.2, 0.25) is 0 Å². The van der Waals surface area contributed by atoms with Crippen LogP contribution in [0.2, 0.25) is 0 Å². The van der Waals surface area contributed by atoms with Crippen molar-refractivity contribution in [2.45, 2.75) is 26.4 Å². The Balaban J connectivity index is 2.30. The van der Waals surface area contributed by atoms with Gasteiger partial charge < -0.3 is 9.64 Å². The highest BCUT2D eigenvalue weighted by atomic mass is 16.5. The molecule has 0 aliphatic carbocycles. The average molecular weight is 248 g/mol. The van der Waals surface area contributed by atoms with Gasteiger partial charge >= 0.3 is 0 Å². The Bertz CT molecular complexity index is 474. The minimum Gasteiger partial charge on any atom is -0.379 e. The van der Waals surface area contributed by atoms with Crippen molar-refractivity contribution in [2.75, 3.05) is 25.1 Å². The molecule has 2 unspecified atom stereocenters. The van der Waals surface area contributed by atoms with Crippen LogP contribution in [-0.4, -0.2) is 36.1 Å². The average Bonchev–Trinajstić information content (AvgIpc) is 2.64. The van der Waals surface area contributed by atoms with E-state index in [9.17, 15) is 5.26 Å². The van der Waals surface area contributed by atoms with E-state index in [4.69, 9.17) is 4.74 Å². The number of methoxy groups -OCH3 is 1. The smallest absolute Gasteiger partial charge is 0.145 e. The fourth-order valence-electron chi connectivity index (χ4n) is 2.67. The molecule has 2 heterocycles. The van der Waals surface area contributed by atoms with Crippen LogP contribution in [0, 0.1) is 24.2 Å². The molecule has 1 aromatic heterocycles. The normalized spacial score (nSPS) is 24.1. The number of ether oxygens (including phenoxy) is 1. The van der Waals surface area contributed by atoms with Crippen LogP contribution in [-0.2, 0) is 11.8 Å². The lowest BCUT2D eigenvalue weighted by Crippen LogP contribution is -2.44.